The largest absolute Gasteiger partial charge is 0.343 e. The molecular formula is C12H24N2O. The van der Waals surface area contributed by atoms with Crippen LogP contribution in [-0.4, -0.2) is 30.4 Å². The van der Waals surface area contributed by atoms with Gasteiger partial charge in [-0.3, -0.25) is 4.79 Å². The van der Waals surface area contributed by atoms with Crippen LogP contribution in [0.1, 0.15) is 45.4 Å². The van der Waals surface area contributed by atoms with Crippen molar-refractivity contribution in [2.45, 2.75) is 51.5 Å². The molecule has 0 aliphatic heterocycles. The zero-order chi connectivity index (χ0) is 11.3. The normalized spacial score (nSPS) is 20.7. The molecule has 1 aliphatic rings. The van der Waals surface area contributed by atoms with Crippen LogP contribution in [0.5, 0.6) is 0 Å². The lowest BCUT2D eigenvalue weighted by molar-refractivity contribution is -0.135. The van der Waals surface area contributed by atoms with E-state index in [9.17, 15) is 4.79 Å². The van der Waals surface area contributed by atoms with Gasteiger partial charge in [0.05, 0.1) is 0 Å². The smallest absolute Gasteiger partial charge is 0.226 e. The molecule has 1 rings (SSSR count). The number of rotatable bonds is 3. The van der Waals surface area contributed by atoms with E-state index in [-0.39, 0.29) is 11.8 Å². The lowest BCUT2D eigenvalue weighted by Crippen LogP contribution is -2.41. The summed E-state index contributed by atoms with van der Waals surface area (Å²) in [7, 11) is 1.94. The van der Waals surface area contributed by atoms with Crippen LogP contribution in [-0.2, 0) is 4.79 Å². The summed E-state index contributed by atoms with van der Waals surface area (Å²) in [5.74, 6) is 0.183. The molecule has 3 nitrogen and oxygen atoms in total. The number of amides is 1. The molecule has 0 radical (unpaired) electrons. The van der Waals surface area contributed by atoms with E-state index in [1.54, 1.807) is 0 Å². The van der Waals surface area contributed by atoms with Gasteiger partial charge in [0, 0.05) is 25.6 Å². The Balaban J connectivity index is 2.49. The third kappa shape index (κ3) is 3.49. The topological polar surface area (TPSA) is 46.3 Å². The standard InChI is InChI=1S/C12H24N2O/c1-10(9-13)12(15)14(2)11-7-5-3-4-6-8-11/h10-11H,3-9,13H2,1-2H3. The summed E-state index contributed by atoms with van der Waals surface area (Å²) >= 11 is 0. The maximum atomic E-state index is 11.9. The number of hydrogen-bond acceptors (Lipinski definition) is 2. The molecule has 1 aliphatic carbocycles. The Bertz CT molecular complexity index is 198. The average molecular weight is 212 g/mol. The van der Waals surface area contributed by atoms with Crippen molar-refractivity contribution >= 4 is 5.91 Å². The van der Waals surface area contributed by atoms with Crippen molar-refractivity contribution in [1.82, 2.24) is 4.90 Å². The highest BCUT2D eigenvalue weighted by Crippen LogP contribution is 2.21. The van der Waals surface area contributed by atoms with Gasteiger partial charge in [-0.05, 0) is 12.8 Å². The fraction of sp³-hybridized carbons (Fsp3) is 0.917. The predicted octanol–water partition coefficient (Wildman–Crippen LogP) is 1.76. The van der Waals surface area contributed by atoms with Crippen LogP contribution in [0.4, 0.5) is 0 Å². The zero-order valence-electron chi connectivity index (χ0n) is 10.0. The van der Waals surface area contributed by atoms with Crippen molar-refractivity contribution in [3.63, 3.8) is 0 Å². The van der Waals surface area contributed by atoms with E-state index in [1.807, 2.05) is 18.9 Å². The van der Waals surface area contributed by atoms with Crippen LogP contribution in [0.25, 0.3) is 0 Å². The fourth-order valence-corrected chi connectivity index (χ4v) is 2.27. The van der Waals surface area contributed by atoms with Crippen molar-refractivity contribution in [2.75, 3.05) is 13.6 Å². The summed E-state index contributed by atoms with van der Waals surface area (Å²) < 4.78 is 0. The van der Waals surface area contributed by atoms with Gasteiger partial charge in [0.15, 0.2) is 0 Å². The van der Waals surface area contributed by atoms with Crippen LogP contribution in [0.15, 0.2) is 0 Å². The summed E-state index contributed by atoms with van der Waals surface area (Å²) in [4.78, 5) is 13.9. The third-order valence-electron chi connectivity index (χ3n) is 3.50. The van der Waals surface area contributed by atoms with Crippen molar-refractivity contribution in [3.05, 3.63) is 0 Å². The van der Waals surface area contributed by atoms with Gasteiger partial charge in [0.1, 0.15) is 0 Å². The van der Waals surface area contributed by atoms with E-state index >= 15 is 0 Å². The first-order valence-electron chi connectivity index (χ1n) is 6.13. The number of nitrogens with zero attached hydrogens (tertiary/aromatic N) is 1. The molecule has 0 spiro atoms. The van der Waals surface area contributed by atoms with Crippen LogP contribution in [0, 0.1) is 5.92 Å². The minimum atomic E-state index is -0.0294. The number of hydrogen-bond donors (Lipinski definition) is 1. The van der Waals surface area contributed by atoms with Gasteiger partial charge in [0.25, 0.3) is 0 Å². The molecule has 0 saturated heterocycles. The Morgan fingerprint density at radius 1 is 1.33 bits per heavy atom. The van der Waals surface area contributed by atoms with Crippen LogP contribution >= 0.6 is 0 Å². The van der Waals surface area contributed by atoms with Crippen molar-refractivity contribution in [3.8, 4) is 0 Å². The zero-order valence-corrected chi connectivity index (χ0v) is 10.0. The summed E-state index contributed by atoms with van der Waals surface area (Å²) in [6.45, 7) is 2.37. The second kappa shape index (κ2) is 6.11. The monoisotopic (exact) mass is 212 g/mol. The Morgan fingerprint density at radius 2 is 1.87 bits per heavy atom. The highest BCUT2D eigenvalue weighted by molar-refractivity contribution is 5.78. The van der Waals surface area contributed by atoms with E-state index in [0.29, 0.717) is 12.6 Å². The molecule has 88 valence electrons. The molecule has 1 amide bonds. The minimum Gasteiger partial charge on any atom is -0.343 e. The van der Waals surface area contributed by atoms with E-state index in [0.717, 1.165) is 0 Å². The first-order valence-corrected chi connectivity index (χ1v) is 6.13. The molecule has 3 heteroatoms. The Labute approximate surface area is 93.0 Å². The van der Waals surface area contributed by atoms with Gasteiger partial charge >= 0.3 is 0 Å². The second-order valence-electron chi connectivity index (χ2n) is 4.73. The predicted molar refractivity (Wildman–Crippen MR) is 62.5 cm³/mol. The fourth-order valence-electron chi connectivity index (χ4n) is 2.27. The first kappa shape index (κ1) is 12.5. The van der Waals surface area contributed by atoms with Gasteiger partial charge < -0.3 is 10.6 Å². The van der Waals surface area contributed by atoms with Crippen molar-refractivity contribution < 1.29 is 4.79 Å². The maximum Gasteiger partial charge on any atom is 0.226 e. The highest BCUT2D eigenvalue weighted by Gasteiger charge is 2.23. The molecule has 1 fully saturated rings. The first-order chi connectivity index (χ1) is 7.16. The van der Waals surface area contributed by atoms with Crippen LogP contribution in [0.3, 0.4) is 0 Å². The highest BCUT2D eigenvalue weighted by atomic mass is 16.2. The molecule has 0 bridgehead atoms. The molecular weight excluding hydrogens is 188 g/mol. The average Bonchev–Trinajstić information content (AvgIpc) is 2.54. The molecule has 0 heterocycles. The van der Waals surface area contributed by atoms with Gasteiger partial charge in [0.2, 0.25) is 5.91 Å². The molecule has 0 aromatic rings. The number of nitrogens with two attached hydrogens (primary N) is 1. The summed E-state index contributed by atoms with van der Waals surface area (Å²) in [5, 5.41) is 0. The van der Waals surface area contributed by atoms with Gasteiger partial charge in [-0.2, -0.15) is 0 Å². The van der Waals surface area contributed by atoms with Gasteiger partial charge in [-0.15, -0.1) is 0 Å². The molecule has 15 heavy (non-hydrogen) atoms. The Hall–Kier alpha value is -0.570. The van der Waals surface area contributed by atoms with E-state index < -0.39 is 0 Å². The van der Waals surface area contributed by atoms with Crippen molar-refractivity contribution in [2.24, 2.45) is 11.7 Å². The van der Waals surface area contributed by atoms with Gasteiger partial charge in [-0.25, -0.2) is 0 Å². The quantitative estimate of drug-likeness (QED) is 0.725. The molecule has 2 N–H and O–H groups in total. The lowest BCUT2D eigenvalue weighted by atomic mass is 10.0. The summed E-state index contributed by atoms with van der Waals surface area (Å²) in [6.07, 6.45) is 7.51. The SMILES string of the molecule is CC(CN)C(=O)N(C)C1CCCCCC1. The maximum absolute atomic E-state index is 11.9. The van der Waals surface area contributed by atoms with Crippen LogP contribution < -0.4 is 5.73 Å². The number of carbonyl (C=O) groups is 1. The minimum absolute atomic E-state index is 0.0294. The third-order valence-corrected chi connectivity index (χ3v) is 3.50. The molecule has 0 aromatic carbocycles. The van der Waals surface area contributed by atoms with E-state index in [4.69, 9.17) is 5.73 Å². The van der Waals surface area contributed by atoms with E-state index in [2.05, 4.69) is 0 Å². The molecule has 1 atom stereocenters. The molecule has 0 aromatic heterocycles. The van der Waals surface area contributed by atoms with Crippen LogP contribution in [0.2, 0.25) is 0 Å². The molecule has 1 saturated carbocycles. The van der Waals surface area contributed by atoms with Crippen molar-refractivity contribution in [1.29, 1.82) is 0 Å². The summed E-state index contributed by atoms with van der Waals surface area (Å²) in [5.41, 5.74) is 5.52. The summed E-state index contributed by atoms with van der Waals surface area (Å²) in [6, 6.07) is 0.453. The Morgan fingerprint density at radius 3 is 2.33 bits per heavy atom. The number of carbonyl (C=O) groups excluding carboxylic acids is 1. The Kier molecular flexibility index (Phi) is 5.09. The lowest BCUT2D eigenvalue weighted by Gasteiger charge is -2.29. The van der Waals surface area contributed by atoms with Gasteiger partial charge in [-0.1, -0.05) is 32.6 Å². The van der Waals surface area contributed by atoms with E-state index in [1.165, 1.54) is 38.5 Å². The molecule has 1 unspecified atom stereocenters. The second-order valence-corrected chi connectivity index (χ2v) is 4.73.